The topological polar surface area (TPSA) is 122 Å². The highest BCUT2D eigenvalue weighted by Gasteiger charge is 2.14. The third-order valence-electron chi connectivity index (χ3n) is 3.65. The van der Waals surface area contributed by atoms with Crippen LogP contribution in [0, 0.1) is 4.91 Å². The van der Waals surface area contributed by atoms with Gasteiger partial charge in [-0.3, -0.25) is 0 Å². The molecule has 0 fully saturated rings. The maximum absolute atomic E-state index is 11.8. The smallest absolute Gasteiger partial charge is 0.367 e. The number of ether oxygens (including phenoxy) is 6. The van der Waals surface area contributed by atoms with E-state index in [1.807, 2.05) is 0 Å². The van der Waals surface area contributed by atoms with E-state index in [0.717, 1.165) is 11.8 Å². The minimum absolute atomic E-state index is 0.0779. The summed E-state index contributed by atoms with van der Waals surface area (Å²) in [5.74, 6) is 0.0749. The summed E-state index contributed by atoms with van der Waals surface area (Å²) in [6.07, 6.45) is 0. The first-order valence-electron chi connectivity index (χ1n) is 9.13. The fourth-order valence-corrected chi connectivity index (χ4v) is 2.92. The number of phenolic OH excluding ortho intramolecular Hbond substituents is 1. The van der Waals surface area contributed by atoms with Crippen LogP contribution in [-0.2, 0) is 29.4 Å². The van der Waals surface area contributed by atoms with Crippen LogP contribution < -0.4 is 4.74 Å². The van der Waals surface area contributed by atoms with Crippen LogP contribution in [0.4, 0.5) is 10.5 Å². The summed E-state index contributed by atoms with van der Waals surface area (Å²) >= 11 is 0.854. The number of hydrogen-bond acceptors (Lipinski definition) is 11. The van der Waals surface area contributed by atoms with Gasteiger partial charge in [0.1, 0.15) is 18.9 Å². The molecular formula is C18H25NO9S. The van der Waals surface area contributed by atoms with E-state index >= 15 is 0 Å². The lowest BCUT2D eigenvalue weighted by Crippen LogP contribution is -2.14. The molecule has 0 aromatic heterocycles. The van der Waals surface area contributed by atoms with Crippen molar-refractivity contribution in [2.24, 2.45) is 5.18 Å². The van der Waals surface area contributed by atoms with Crippen molar-refractivity contribution in [2.45, 2.75) is 5.75 Å². The number of fused-ring (bicyclic) bond motifs is 20. The third-order valence-corrected chi connectivity index (χ3v) is 4.46. The van der Waals surface area contributed by atoms with Gasteiger partial charge in [-0.2, -0.15) is 0 Å². The van der Waals surface area contributed by atoms with E-state index in [4.69, 9.17) is 28.4 Å². The molecule has 0 spiro atoms. The Hall–Kier alpha value is -1.92. The van der Waals surface area contributed by atoms with Gasteiger partial charge in [-0.15, -0.1) is 4.91 Å². The Kier molecular flexibility index (Phi) is 11.4. The molecule has 2 heterocycles. The van der Waals surface area contributed by atoms with Gasteiger partial charge in [-0.25, -0.2) is 4.79 Å². The lowest BCUT2D eigenvalue weighted by atomic mass is 10.2. The average molecular weight is 431 g/mol. The second-order valence-corrected chi connectivity index (χ2v) is 6.64. The van der Waals surface area contributed by atoms with Crippen LogP contribution in [-0.4, -0.2) is 76.5 Å². The molecule has 0 aliphatic carbocycles. The average Bonchev–Trinajstić information content (AvgIpc) is 2.72. The maximum Gasteiger partial charge on any atom is 0.367 e. The molecule has 11 heteroatoms. The number of aromatic hydroxyl groups is 1. The molecule has 2 aliphatic heterocycles. The molecule has 0 unspecified atom stereocenters. The van der Waals surface area contributed by atoms with Gasteiger partial charge in [0, 0.05) is 11.8 Å². The Balaban J connectivity index is 1.92. The SMILES string of the molecule is O=Nc1cc2c(O)cc1CSC(=O)OCCOCCOCCOCCOCCO2. The molecule has 0 saturated carbocycles. The number of hydrogen-bond donors (Lipinski definition) is 1. The van der Waals surface area contributed by atoms with Gasteiger partial charge in [0.25, 0.3) is 0 Å². The summed E-state index contributed by atoms with van der Waals surface area (Å²) in [6, 6.07) is 2.68. The molecule has 1 aromatic carbocycles. The molecule has 0 radical (unpaired) electrons. The fourth-order valence-electron chi connectivity index (χ4n) is 2.25. The van der Waals surface area contributed by atoms with Gasteiger partial charge < -0.3 is 33.5 Å². The molecule has 0 atom stereocenters. The van der Waals surface area contributed by atoms with Crippen molar-refractivity contribution in [1.29, 1.82) is 0 Å². The van der Waals surface area contributed by atoms with Crippen LogP contribution in [0.25, 0.3) is 0 Å². The first-order valence-corrected chi connectivity index (χ1v) is 10.1. The van der Waals surface area contributed by atoms with Crippen molar-refractivity contribution in [1.82, 2.24) is 0 Å². The van der Waals surface area contributed by atoms with Crippen molar-refractivity contribution in [3.63, 3.8) is 0 Å². The maximum atomic E-state index is 11.8. The number of thioether (sulfide) groups is 1. The van der Waals surface area contributed by atoms with E-state index in [-0.39, 0.29) is 49.4 Å². The largest absolute Gasteiger partial charge is 0.504 e. The first-order chi connectivity index (χ1) is 14.2. The zero-order chi connectivity index (χ0) is 20.7. The molecule has 0 saturated heterocycles. The van der Waals surface area contributed by atoms with Crippen molar-refractivity contribution >= 4 is 22.8 Å². The summed E-state index contributed by atoms with van der Waals surface area (Å²) < 4.78 is 31.9. The molecular weight excluding hydrogens is 406 g/mol. The Morgan fingerprint density at radius 3 is 1.86 bits per heavy atom. The van der Waals surface area contributed by atoms with Gasteiger partial charge in [-0.1, -0.05) is 0 Å². The van der Waals surface area contributed by atoms with E-state index in [1.165, 1.54) is 12.1 Å². The van der Waals surface area contributed by atoms with Crippen molar-refractivity contribution < 1.29 is 38.3 Å². The van der Waals surface area contributed by atoms with E-state index in [0.29, 0.717) is 45.2 Å². The Morgan fingerprint density at radius 2 is 1.31 bits per heavy atom. The number of carbonyl (C=O) groups is 1. The first kappa shape index (κ1) is 23.4. The third kappa shape index (κ3) is 9.41. The standard InChI is InChI=1S/C18H25NO9S/c20-16-11-14-13-29-18(21)28-10-8-26-6-4-24-2-1-23-3-5-25-7-9-27-17(16)12-15(14)19-22/h11-12,20H,1-10,13H2. The van der Waals surface area contributed by atoms with Crippen LogP contribution in [0.15, 0.2) is 17.3 Å². The summed E-state index contributed by atoms with van der Waals surface area (Å²) in [5, 5.41) is 12.5. The summed E-state index contributed by atoms with van der Waals surface area (Å²) in [6.45, 7) is 3.31. The molecule has 2 bridgehead atoms. The quantitative estimate of drug-likeness (QED) is 0.403. The predicted molar refractivity (Wildman–Crippen MR) is 105 cm³/mol. The number of nitrogens with zero attached hydrogens (tertiary/aromatic N) is 1. The Bertz CT molecular complexity index is 644. The van der Waals surface area contributed by atoms with Gasteiger partial charge >= 0.3 is 5.30 Å². The highest BCUT2D eigenvalue weighted by Crippen LogP contribution is 2.36. The molecule has 162 valence electrons. The summed E-state index contributed by atoms with van der Waals surface area (Å²) in [4.78, 5) is 22.9. The second-order valence-electron chi connectivity index (χ2n) is 5.73. The molecule has 2 aliphatic rings. The molecule has 0 amide bonds. The second kappa shape index (κ2) is 14.1. The van der Waals surface area contributed by atoms with Crippen LogP contribution in [0.5, 0.6) is 11.5 Å². The number of phenols is 1. The molecule has 3 rings (SSSR count). The highest BCUT2D eigenvalue weighted by atomic mass is 32.2. The molecule has 29 heavy (non-hydrogen) atoms. The van der Waals surface area contributed by atoms with Crippen molar-refractivity contribution in [3.05, 3.63) is 22.6 Å². The van der Waals surface area contributed by atoms with Crippen molar-refractivity contribution in [3.8, 4) is 11.5 Å². The normalized spacial score (nSPS) is 19.1. The Morgan fingerprint density at radius 1 is 0.793 bits per heavy atom. The zero-order valence-corrected chi connectivity index (χ0v) is 16.8. The van der Waals surface area contributed by atoms with Gasteiger partial charge in [-0.05, 0) is 28.6 Å². The highest BCUT2D eigenvalue weighted by molar-refractivity contribution is 8.12. The monoisotopic (exact) mass is 431 g/mol. The number of rotatable bonds is 1. The molecule has 10 nitrogen and oxygen atoms in total. The minimum atomic E-state index is -0.519. The van der Waals surface area contributed by atoms with Gasteiger partial charge in [0.05, 0.1) is 52.9 Å². The van der Waals surface area contributed by atoms with Gasteiger partial charge in [0.15, 0.2) is 11.5 Å². The number of carbonyl (C=O) groups excluding carboxylic acids is 1. The molecule has 1 N–H and O–H groups in total. The lowest BCUT2D eigenvalue weighted by Gasteiger charge is -2.11. The molecule has 1 aromatic rings. The summed E-state index contributed by atoms with van der Waals surface area (Å²) in [5.41, 5.74) is 0.473. The lowest BCUT2D eigenvalue weighted by molar-refractivity contribution is -0.00805. The van der Waals surface area contributed by atoms with Crippen LogP contribution in [0.2, 0.25) is 0 Å². The van der Waals surface area contributed by atoms with Crippen LogP contribution >= 0.6 is 11.8 Å². The van der Waals surface area contributed by atoms with E-state index in [9.17, 15) is 14.8 Å². The number of benzene rings is 1. The fraction of sp³-hybridized carbons (Fsp3) is 0.611. The summed E-state index contributed by atoms with van der Waals surface area (Å²) in [7, 11) is 0. The Labute approximate surface area is 172 Å². The van der Waals surface area contributed by atoms with Crippen LogP contribution in [0.1, 0.15) is 5.56 Å². The van der Waals surface area contributed by atoms with Crippen LogP contribution in [0.3, 0.4) is 0 Å². The zero-order valence-electron chi connectivity index (χ0n) is 16.0. The van der Waals surface area contributed by atoms with E-state index in [2.05, 4.69) is 5.18 Å². The van der Waals surface area contributed by atoms with Crippen molar-refractivity contribution in [2.75, 3.05) is 66.1 Å². The van der Waals surface area contributed by atoms with Gasteiger partial charge in [0.2, 0.25) is 0 Å². The number of nitroso groups, excluding NO2 is 1. The minimum Gasteiger partial charge on any atom is -0.504 e. The van der Waals surface area contributed by atoms with E-state index < -0.39 is 5.30 Å². The predicted octanol–water partition coefficient (Wildman–Crippen LogP) is 2.62. The van der Waals surface area contributed by atoms with E-state index in [1.54, 1.807) is 0 Å².